The zero-order chi connectivity index (χ0) is 11.6. The van der Waals surface area contributed by atoms with Crippen molar-refractivity contribution < 1.29 is 0 Å². The Hall–Kier alpha value is -0.0800. The summed E-state index contributed by atoms with van der Waals surface area (Å²) >= 11 is 0. The first-order valence-electron chi connectivity index (χ1n) is 5.66. The summed E-state index contributed by atoms with van der Waals surface area (Å²) in [4.78, 5) is 2.44. The Morgan fingerprint density at radius 2 is 1.64 bits per heavy atom. The number of nitrogens with zero attached hydrogens (tertiary/aromatic N) is 1. The van der Waals surface area contributed by atoms with E-state index >= 15 is 0 Å². The van der Waals surface area contributed by atoms with Crippen LogP contribution in [-0.2, 0) is 0 Å². The van der Waals surface area contributed by atoms with Crippen LogP contribution in [0.4, 0.5) is 0 Å². The van der Waals surface area contributed by atoms with E-state index in [0.29, 0.717) is 12.5 Å². The van der Waals surface area contributed by atoms with Crippen LogP contribution in [0.3, 0.4) is 0 Å². The maximum absolute atomic E-state index is 5.92. The van der Waals surface area contributed by atoms with E-state index in [1.165, 1.54) is 0 Å². The van der Waals surface area contributed by atoms with Crippen molar-refractivity contribution in [1.29, 1.82) is 0 Å². The fraction of sp³-hybridized carbons (Fsp3) is 1.00. The molecule has 0 saturated heterocycles. The normalized spacial score (nSPS) is 17.6. The summed E-state index contributed by atoms with van der Waals surface area (Å²) in [6.07, 6.45) is 1.14. The van der Waals surface area contributed by atoms with Gasteiger partial charge < -0.3 is 5.73 Å². The van der Waals surface area contributed by atoms with Crippen LogP contribution in [0, 0.1) is 5.92 Å². The molecule has 0 aliphatic heterocycles. The fourth-order valence-corrected chi connectivity index (χ4v) is 1.69. The molecule has 0 aromatic carbocycles. The summed E-state index contributed by atoms with van der Waals surface area (Å²) in [5, 5.41) is 0. The average molecular weight is 200 g/mol. The quantitative estimate of drug-likeness (QED) is 0.739. The van der Waals surface area contributed by atoms with Crippen LogP contribution in [0.2, 0.25) is 0 Å². The predicted octanol–water partition coefficient (Wildman–Crippen LogP) is 2.48. The third-order valence-corrected chi connectivity index (χ3v) is 4.20. The van der Waals surface area contributed by atoms with Gasteiger partial charge in [0.05, 0.1) is 0 Å². The van der Waals surface area contributed by atoms with E-state index in [2.05, 4.69) is 53.5 Å². The molecule has 0 heterocycles. The molecule has 2 nitrogen and oxygen atoms in total. The number of likely N-dealkylation sites (N-methyl/N-ethyl adjacent to an activating group) is 1. The van der Waals surface area contributed by atoms with Crippen molar-refractivity contribution in [3.63, 3.8) is 0 Å². The molecule has 2 N–H and O–H groups in total. The molecule has 1 unspecified atom stereocenters. The van der Waals surface area contributed by atoms with Gasteiger partial charge in [-0.1, -0.05) is 20.8 Å². The zero-order valence-electron chi connectivity index (χ0n) is 11.0. The van der Waals surface area contributed by atoms with Crippen molar-refractivity contribution in [1.82, 2.24) is 4.90 Å². The minimum absolute atomic E-state index is 0.0967. The summed E-state index contributed by atoms with van der Waals surface area (Å²) in [6, 6.07) is 0. The molecule has 0 aromatic rings. The Morgan fingerprint density at radius 1 is 1.21 bits per heavy atom. The summed E-state index contributed by atoms with van der Waals surface area (Å²) in [5.74, 6) is 0.573. The fourth-order valence-electron chi connectivity index (χ4n) is 1.69. The lowest BCUT2D eigenvalue weighted by molar-refractivity contribution is 0.00545. The lowest BCUT2D eigenvalue weighted by Gasteiger charge is -2.50. The van der Waals surface area contributed by atoms with E-state index in [-0.39, 0.29) is 11.1 Å². The highest BCUT2D eigenvalue weighted by Crippen LogP contribution is 2.30. The van der Waals surface area contributed by atoms with Gasteiger partial charge in [-0.3, -0.25) is 4.90 Å². The highest BCUT2D eigenvalue weighted by Gasteiger charge is 2.38. The lowest BCUT2D eigenvalue weighted by atomic mass is 9.82. The van der Waals surface area contributed by atoms with Gasteiger partial charge in [0.15, 0.2) is 0 Å². The average Bonchev–Trinajstić information content (AvgIpc) is 2.15. The van der Waals surface area contributed by atoms with Crippen LogP contribution in [0.1, 0.15) is 48.0 Å². The summed E-state index contributed by atoms with van der Waals surface area (Å²) in [7, 11) is 2.19. The molecule has 0 rings (SSSR count). The Labute approximate surface area is 89.9 Å². The van der Waals surface area contributed by atoms with Gasteiger partial charge in [0.25, 0.3) is 0 Å². The first-order valence-corrected chi connectivity index (χ1v) is 5.66. The van der Waals surface area contributed by atoms with E-state index in [4.69, 9.17) is 5.73 Å². The second-order valence-corrected chi connectivity index (χ2v) is 5.44. The minimum atomic E-state index is 0.0967. The first-order chi connectivity index (χ1) is 6.22. The van der Waals surface area contributed by atoms with Crippen molar-refractivity contribution in [3.05, 3.63) is 0 Å². The van der Waals surface area contributed by atoms with Gasteiger partial charge in [-0.15, -0.1) is 0 Å². The largest absolute Gasteiger partial charge is 0.329 e. The molecule has 0 amide bonds. The third-order valence-electron chi connectivity index (χ3n) is 4.20. The Balaban J connectivity index is 4.87. The SMILES string of the molecule is CCC(C)(C)N(C)C(C)(CN)C(C)C. The van der Waals surface area contributed by atoms with Crippen LogP contribution in [-0.4, -0.2) is 29.6 Å². The van der Waals surface area contributed by atoms with Gasteiger partial charge in [0.1, 0.15) is 0 Å². The second-order valence-electron chi connectivity index (χ2n) is 5.44. The molecule has 0 spiro atoms. The topological polar surface area (TPSA) is 29.3 Å². The van der Waals surface area contributed by atoms with Gasteiger partial charge in [0, 0.05) is 17.6 Å². The summed E-state index contributed by atoms with van der Waals surface area (Å²) in [5.41, 5.74) is 6.24. The van der Waals surface area contributed by atoms with E-state index in [0.717, 1.165) is 6.42 Å². The highest BCUT2D eigenvalue weighted by atomic mass is 15.2. The van der Waals surface area contributed by atoms with E-state index in [1.807, 2.05) is 0 Å². The van der Waals surface area contributed by atoms with Gasteiger partial charge in [0.2, 0.25) is 0 Å². The van der Waals surface area contributed by atoms with Gasteiger partial charge in [-0.05, 0) is 40.2 Å². The lowest BCUT2D eigenvalue weighted by Crippen LogP contribution is -2.60. The van der Waals surface area contributed by atoms with E-state index in [1.54, 1.807) is 0 Å². The molecule has 86 valence electrons. The van der Waals surface area contributed by atoms with Crippen LogP contribution in [0.15, 0.2) is 0 Å². The Bertz CT molecular complexity index is 175. The van der Waals surface area contributed by atoms with Crippen LogP contribution >= 0.6 is 0 Å². The third kappa shape index (κ3) is 2.48. The number of nitrogens with two attached hydrogens (primary N) is 1. The summed E-state index contributed by atoms with van der Waals surface area (Å²) in [6.45, 7) is 14.3. The van der Waals surface area contributed by atoms with E-state index < -0.39 is 0 Å². The van der Waals surface area contributed by atoms with Gasteiger partial charge in [-0.25, -0.2) is 0 Å². The molecule has 0 bridgehead atoms. The minimum Gasteiger partial charge on any atom is -0.329 e. The molecule has 0 saturated carbocycles. The zero-order valence-corrected chi connectivity index (χ0v) is 11.0. The maximum Gasteiger partial charge on any atom is 0.0328 e. The standard InChI is InChI=1S/C12H28N2/c1-8-11(4,5)14(7)12(6,9-13)10(2)3/h10H,8-9,13H2,1-7H3. The molecule has 0 radical (unpaired) electrons. The molecule has 0 aliphatic carbocycles. The van der Waals surface area contributed by atoms with Crippen molar-refractivity contribution >= 4 is 0 Å². The van der Waals surface area contributed by atoms with Crippen molar-refractivity contribution in [3.8, 4) is 0 Å². The molecule has 2 heteroatoms. The van der Waals surface area contributed by atoms with Gasteiger partial charge in [-0.2, -0.15) is 0 Å². The summed E-state index contributed by atoms with van der Waals surface area (Å²) < 4.78 is 0. The number of hydrogen-bond donors (Lipinski definition) is 1. The molecule has 0 aliphatic rings. The smallest absolute Gasteiger partial charge is 0.0328 e. The molecule has 14 heavy (non-hydrogen) atoms. The highest BCUT2D eigenvalue weighted by molar-refractivity contribution is 4.95. The Morgan fingerprint density at radius 3 is 1.86 bits per heavy atom. The predicted molar refractivity (Wildman–Crippen MR) is 64.4 cm³/mol. The molecule has 0 fully saturated rings. The van der Waals surface area contributed by atoms with Gasteiger partial charge >= 0.3 is 0 Å². The van der Waals surface area contributed by atoms with Crippen molar-refractivity contribution in [2.75, 3.05) is 13.6 Å². The molecular formula is C12H28N2. The van der Waals surface area contributed by atoms with Crippen LogP contribution in [0.5, 0.6) is 0 Å². The Kier molecular flexibility index (Phi) is 4.60. The first kappa shape index (κ1) is 13.9. The maximum atomic E-state index is 5.92. The van der Waals surface area contributed by atoms with Crippen molar-refractivity contribution in [2.45, 2.75) is 59.0 Å². The second kappa shape index (κ2) is 4.63. The van der Waals surface area contributed by atoms with Crippen LogP contribution in [0.25, 0.3) is 0 Å². The molecule has 0 aromatic heterocycles. The van der Waals surface area contributed by atoms with Crippen LogP contribution < -0.4 is 5.73 Å². The number of rotatable bonds is 5. The monoisotopic (exact) mass is 200 g/mol. The molecular weight excluding hydrogens is 172 g/mol. The van der Waals surface area contributed by atoms with E-state index in [9.17, 15) is 0 Å². The molecule has 1 atom stereocenters. The number of hydrogen-bond acceptors (Lipinski definition) is 2. The van der Waals surface area contributed by atoms with Crippen molar-refractivity contribution in [2.24, 2.45) is 11.7 Å².